The summed E-state index contributed by atoms with van der Waals surface area (Å²) in [5.74, 6) is -3.09. The smallest absolute Gasteiger partial charge is 0.429 e. The van der Waals surface area contributed by atoms with Gasteiger partial charge >= 0.3 is 6.11 Å². The van der Waals surface area contributed by atoms with Crippen LogP contribution in [0, 0.1) is 17.5 Å². The van der Waals surface area contributed by atoms with Crippen molar-refractivity contribution in [3.8, 4) is 39.1 Å². The molecule has 0 aliphatic rings. The number of rotatable bonds is 15. The van der Waals surface area contributed by atoms with E-state index in [0.29, 0.717) is 11.1 Å². The minimum atomic E-state index is -4.12. The van der Waals surface area contributed by atoms with Gasteiger partial charge in [0.1, 0.15) is 23.2 Å². The molecular formula is C43H41F5O. The minimum Gasteiger partial charge on any atom is -0.429 e. The molecule has 0 saturated heterocycles. The Morgan fingerprint density at radius 2 is 1.14 bits per heavy atom. The molecule has 0 bridgehead atoms. The lowest BCUT2D eigenvalue weighted by Gasteiger charge is -2.20. The molecule has 49 heavy (non-hydrogen) atoms. The third-order valence-electron chi connectivity index (χ3n) is 8.71. The van der Waals surface area contributed by atoms with Gasteiger partial charge in [-0.1, -0.05) is 111 Å². The summed E-state index contributed by atoms with van der Waals surface area (Å²) < 4.78 is 80.5. The minimum absolute atomic E-state index is 0.0747. The molecule has 0 radical (unpaired) electrons. The van der Waals surface area contributed by atoms with Crippen LogP contribution in [-0.4, -0.2) is 0 Å². The standard InChI is InChI=1S/C43H41F5O/c1-3-5-7-8-10-12-31-13-17-32(18-14-31)34-21-24-38(40(44)27-34)35-22-26-39(42(46)28-35)43(47,48)49-36-23-25-37(41(45)29-36)33-19-15-30(16-20-33)11-9-6-4-2/h4,6,13-29H,3,5,7-12H2,1-2H3. The van der Waals surface area contributed by atoms with Crippen molar-refractivity contribution in [2.45, 2.75) is 71.3 Å². The second-order valence-corrected chi connectivity index (χ2v) is 12.3. The molecule has 1 nitrogen and oxygen atoms in total. The van der Waals surface area contributed by atoms with Gasteiger partial charge in [0.2, 0.25) is 0 Å². The molecule has 5 aromatic carbocycles. The molecule has 0 heterocycles. The first-order valence-electron chi connectivity index (χ1n) is 16.9. The highest BCUT2D eigenvalue weighted by molar-refractivity contribution is 5.71. The van der Waals surface area contributed by atoms with Crippen molar-refractivity contribution in [2.24, 2.45) is 0 Å². The molecule has 0 amide bonds. The molecule has 0 atom stereocenters. The van der Waals surface area contributed by atoms with Crippen molar-refractivity contribution >= 4 is 0 Å². The van der Waals surface area contributed by atoms with E-state index in [-0.39, 0.29) is 16.7 Å². The highest BCUT2D eigenvalue weighted by Gasteiger charge is 2.38. The summed E-state index contributed by atoms with van der Waals surface area (Å²) in [6.45, 7) is 4.15. The fraction of sp³-hybridized carbons (Fsp3) is 0.256. The van der Waals surface area contributed by atoms with Gasteiger partial charge in [0.15, 0.2) is 0 Å². The van der Waals surface area contributed by atoms with Crippen LogP contribution < -0.4 is 4.74 Å². The van der Waals surface area contributed by atoms with Crippen LogP contribution in [0.1, 0.15) is 69.1 Å². The predicted octanol–water partition coefficient (Wildman–Crippen LogP) is 13.3. The Labute approximate surface area is 286 Å². The molecule has 254 valence electrons. The molecule has 0 aliphatic heterocycles. The van der Waals surface area contributed by atoms with Crippen molar-refractivity contribution in [3.63, 3.8) is 0 Å². The van der Waals surface area contributed by atoms with Crippen LogP contribution in [0.2, 0.25) is 0 Å². The van der Waals surface area contributed by atoms with E-state index in [4.69, 9.17) is 4.74 Å². The normalized spacial score (nSPS) is 11.7. The van der Waals surface area contributed by atoms with Crippen LogP contribution in [0.15, 0.2) is 115 Å². The van der Waals surface area contributed by atoms with E-state index in [9.17, 15) is 0 Å². The third-order valence-corrected chi connectivity index (χ3v) is 8.71. The van der Waals surface area contributed by atoms with E-state index in [0.717, 1.165) is 55.0 Å². The summed E-state index contributed by atoms with van der Waals surface area (Å²) >= 11 is 0. The Morgan fingerprint density at radius 1 is 0.571 bits per heavy atom. The first-order valence-corrected chi connectivity index (χ1v) is 16.9. The maximum Gasteiger partial charge on any atom is 0.429 e. The van der Waals surface area contributed by atoms with Crippen LogP contribution in [0.5, 0.6) is 5.75 Å². The van der Waals surface area contributed by atoms with Gasteiger partial charge in [0.25, 0.3) is 0 Å². The number of hydrogen-bond donors (Lipinski definition) is 0. The number of benzene rings is 5. The summed E-state index contributed by atoms with van der Waals surface area (Å²) in [6.07, 6.45) is 8.73. The SMILES string of the molecule is CC=CCCc1ccc(-c2ccc(OC(F)(F)c3ccc(-c4ccc(-c5ccc(CCCCCCC)cc5)cc4F)cc3F)cc2F)cc1. The van der Waals surface area contributed by atoms with Gasteiger partial charge < -0.3 is 4.74 Å². The van der Waals surface area contributed by atoms with Gasteiger partial charge in [0, 0.05) is 17.2 Å². The van der Waals surface area contributed by atoms with Crippen LogP contribution in [0.3, 0.4) is 0 Å². The topological polar surface area (TPSA) is 9.23 Å². The van der Waals surface area contributed by atoms with E-state index in [2.05, 4.69) is 13.0 Å². The Balaban J connectivity index is 1.25. The second kappa shape index (κ2) is 16.6. The molecule has 0 spiro atoms. The maximum absolute atomic E-state index is 15.3. The summed E-state index contributed by atoms with van der Waals surface area (Å²) in [5, 5.41) is 0. The first kappa shape index (κ1) is 35.6. The lowest BCUT2D eigenvalue weighted by molar-refractivity contribution is -0.187. The average Bonchev–Trinajstić information content (AvgIpc) is 3.09. The van der Waals surface area contributed by atoms with Crippen molar-refractivity contribution in [1.29, 1.82) is 0 Å². The average molecular weight is 669 g/mol. The number of ether oxygens (including phenoxy) is 1. The van der Waals surface area contributed by atoms with E-state index < -0.39 is 34.9 Å². The molecule has 0 fully saturated rings. The quantitative estimate of drug-likeness (QED) is 0.0613. The number of hydrogen-bond acceptors (Lipinski definition) is 1. The maximum atomic E-state index is 15.3. The van der Waals surface area contributed by atoms with Crippen LogP contribution in [0.25, 0.3) is 33.4 Å². The lowest BCUT2D eigenvalue weighted by Crippen LogP contribution is -2.23. The summed E-state index contributed by atoms with van der Waals surface area (Å²) in [5.41, 5.74) is 3.77. The number of alkyl halides is 2. The molecule has 0 unspecified atom stereocenters. The van der Waals surface area contributed by atoms with Gasteiger partial charge in [-0.05, 0) is 96.3 Å². The van der Waals surface area contributed by atoms with E-state index >= 15 is 22.0 Å². The monoisotopic (exact) mass is 668 g/mol. The van der Waals surface area contributed by atoms with Crippen molar-refractivity contribution < 1.29 is 26.7 Å². The van der Waals surface area contributed by atoms with Gasteiger partial charge in [-0.3, -0.25) is 0 Å². The zero-order valence-electron chi connectivity index (χ0n) is 27.9. The largest absolute Gasteiger partial charge is 0.429 e. The number of aryl methyl sites for hydroxylation is 2. The van der Waals surface area contributed by atoms with Crippen LogP contribution in [-0.2, 0) is 19.0 Å². The predicted molar refractivity (Wildman–Crippen MR) is 189 cm³/mol. The highest BCUT2D eigenvalue weighted by Crippen LogP contribution is 2.37. The number of unbranched alkanes of at least 4 members (excludes halogenated alkanes) is 4. The molecule has 0 aliphatic carbocycles. The molecule has 5 rings (SSSR count). The Kier molecular flexibility index (Phi) is 12.1. The summed E-state index contributed by atoms with van der Waals surface area (Å²) in [4.78, 5) is 0. The molecule has 0 saturated carbocycles. The zero-order chi connectivity index (χ0) is 34.8. The van der Waals surface area contributed by atoms with Gasteiger partial charge in [0.05, 0.1) is 5.56 Å². The number of allylic oxidation sites excluding steroid dienone is 2. The van der Waals surface area contributed by atoms with Gasteiger partial charge in [-0.15, -0.1) is 0 Å². The Morgan fingerprint density at radius 3 is 1.80 bits per heavy atom. The molecular weight excluding hydrogens is 627 g/mol. The molecule has 5 aromatic rings. The van der Waals surface area contributed by atoms with Gasteiger partial charge in [-0.2, -0.15) is 8.78 Å². The van der Waals surface area contributed by atoms with Crippen LogP contribution >= 0.6 is 0 Å². The van der Waals surface area contributed by atoms with Crippen molar-refractivity contribution in [1.82, 2.24) is 0 Å². The van der Waals surface area contributed by atoms with E-state index in [1.165, 1.54) is 61.6 Å². The van der Waals surface area contributed by atoms with E-state index in [1.807, 2.05) is 49.4 Å². The van der Waals surface area contributed by atoms with E-state index in [1.54, 1.807) is 18.2 Å². The fourth-order valence-corrected chi connectivity index (χ4v) is 5.91. The fourth-order valence-electron chi connectivity index (χ4n) is 5.91. The zero-order valence-corrected chi connectivity index (χ0v) is 27.9. The summed E-state index contributed by atoms with van der Waals surface area (Å²) in [6, 6.07) is 26.3. The molecule has 0 aromatic heterocycles. The third kappa shape index (κ3) is 9.26. The van der Waals surface area contributed by atoms with Crippen molar-refractivity contribution in [2.75, 3.05) is 0 Å². The first-order chi connectivity index (χ1) is 23.7. The summed E-state index contributed by atoms with van der Waals surface area (Å²) in [7, 11) is 0. The molecule has 0 N–H and O–H groups in total. The highest BCUT2D eigenvalue weighted by atomic mass is 19.3. The number of halogens is 5. The molecule has 6 heteroatoms. The Bertz CT molecular complexity index is 1860. The van der Waals surface area contributed by atoms with Crippen LogP contribution in [0.4, 0.5) is 22.0 Å². The lowest BCUT2D eigenvalue weighted by atomic mass is 9.97. The van der Waals surface area contributed by atoms with Gasteiger partial charge in [-0.25, -0.2) is 13.2 Å². The Hall–Kier alpha value is -4.71. The van der Waals surface area contributed by atoms with Crippen molar-refractivity contribution in [3.05, 3.63) is 149 Å². The second-order valence-electron chi connectivity index (χ2n) is 12.3.